The highest BCUT2D eigenvalue weighted by molar-refractivity contribution is 7.99. The largest absolute Gasteiger partial charge is 0.348 e. The lowest BCUT2D eigenvalue weighted by Crippen LogP contribution is -2.48. The minimum absolute atomic E-state index is 0.0774. The molecule has 4 rings (SSSR count). The maximum Gasteiger partial charge on any atom is 0.239 e. The van der Waals surface area contributed by atoms with Crippen molar-refractivity contribution in [1.29, 1.82) is 0 Å². The lowest BCUT2D eigenvalue weighted by Gasteiger charge is -2.30. The third kappa shape index (κ3) is 3.30. The molecule has 1 amide bonds. The zero-order valence-corrected chi connectivity index (χ0v) is 14.9. The van der Waals surface area contributed by atoms with E-state index in [4.69, 9.17) is 0 Å². The fraction of sp³-hybridized carbons (Fsp3) is 0.588. The molecule has 1 aromatic rings. The molecule has 0 spiro atoms. The Kier molecular flexibility index (Phi) is 4.85. The van der Waals surface area contributed by atoms with Gasteiger partial charge in [-0.3, -0.25) is 20.3 Å². The quantitative estimate of drug-likeness (QED) is 0.546. The fourth-order valence-corrected chi connectivity index (χ4v) is 5.37. The van der Waals surface area contributed by atoms with Crippen LogP contribution in [0.3, 0.4) is 0 Å². The van der Waals surface area contributed by atoms with Gasteiger partial charge in [0.1, 0.15) is 11.9 Å². The van der Waals surface area contributed by atoms with E-state index in [1.807, 2.05) is 0 Å². The van der Waals surface area contributed by atoms with Crippen LogP contribution >= 0.6 is 11.8 Å². The highest BCUT2D eigenvalue weighted by Crippen LogP contribution is 2.37. The van der Waals surface area contributed by atoms with Crippen molar-refractivity contribution in [2.45, 2.75) is 54.7 Å². The van der Waals surface area contributed by atoms with E-state index in [2.05, 4.69) is 16.2 Å². The number of nitro groups is 1. The van der Waals surface area contributed by atoms with Crippen LogP contribution in [0.25, 0.3) is 0 Å². The number of carbonyl (C=O) groups excluding carboxylic acids is 1. The standard InChI is InChI=1S/C17H21FN4O3S/c18-9-1-4-15-11(7-9)13(5-6-26-15)19-17(23)16-12-8-10(22(24)25)2-3-14(12)20-21-16/h1,4,7,10,12-14,16,20-21H,2-3,5-6,8H2,(H,19,23). The molecule has 140 valence electrons. The van der Waals surface area contributed by atoms with Crippen molar-refractivity contribution in [3.63, 3.8) is 0 Å². The summed E-state index contributed by atoms with van der Waals surface area (Å²) in [5.41, 5.74) is 6.95. The van der Waals surface area contributed by atoms with Gasteiger partial charge in [0, 0.05) is 40.4 Å². The number of rotatable bonds is 3. The van der Waals surface area contributed by atoms with Crippen molar-refractivity contribution in [1.82, 2.24) is 16.2 Å². The van der Waals surface area contributed by atoms with Crippen LogP contribution in [-0.4, -0.2) is 34.7 Å². The predicted octanol–water partition coefficient (Wildman–Crippen LogP) is 1.77. The first-order valence-corrected chi connectivity index (χ1v) is 9.88. The van der Waals surface area contributed by atoms with Gasteiger partial charge in [0.15, 0.2) is 0 Å². The van der Waals surface area contributed by atoms with E-state index in [9.17, 15) is 19.3 Å². The molecule has 3 aliphatic rings. The van der Waals surface area contributed by atoms with Crippen molar-refractivity contribution in [3.8, 4) is 0 Å². The monoisotopic (exact) mass is 380 g/mol. The number of hydrazine groups is 1. The first-order valence-electron chi connectivity index (χ1n) is 8.90. The number of amides is 1. The highest BCUT2D eigenvalue weighted by atomic mass is 32.2. The fourth-order valence-electron chi connectivity index (χ4n) is 4.26. The molecule has 1 saturated heterocycles. The smallest absolute Gasteiger partial charge is 0.239 e. The van der Waals surface area contributed by atoms with Crippen LogP contribution in [0.15, 0.2) is 23.1 Å². The number of thioether (sulfide) groups is 1. The number of carbonyl (C=O) groups is 1. The van der Waals surface area contributed by atoms with E-state index in [1.165, 1.54) is 12.1 Å². The summed E-state index contributed by atoms with van der Waals surface area (Å²) in [6, 6.07) is 3.42. The normalized spacial score (nSPS) is 33.2. The maximum atomic E-state index is 13.6. The Morgan fingerprint density at radius 1 is 1.31 bits per heavy atom. The zero-order chi connectivity index (χ0) is 18.3. The van der Waals surface area contributed by atoms with Gasteiger partial charge in [-0.05, 0) is 36.6 Å². The summed E-state index contributed by atoms with van der Waals surface area (Å²) < 4.78 is 13.6. The van der Waals surface area contributed by atoms with Gasteiger partial charge in [0.2, 0.25) is 11.9 Å². The SMILES string of the molecule is O=C(NC1CCSc2ccc(F)cc21)C1NNC2CCC([N+](=O)[O-])CC21. The second-order valence-electron chi connectivity index (χ2n) is 7.17. The molecule has 2 aliphatic heterocycles. The van der Waals surface area contributed by atoms with Crippen molar-refractivity contribution >= 4 is 17.7 Å². The Labute approximate surface area is 154 Å². The number of nitrogens with zero attached hydrogens (tertiary/aromatic N) is 1. The topological polar surface area (TPSA) is 96.3 Å². The highest BCUT2D eigenvalue weighted by Gasteiger charge is 2.47. The summed E-state index contributed by atoms with van der Waals surface area (Å²) in [6.07, 6.45) is 2.34. The van der Waals surface area contributed by atoms with Crippen LogP contribution < -0.4 is 16.2 Å². The Morgan fingerprint density at radius 2 is 2.15 bits per heavy atom. The van der Waals surface area contributed by atoms with Crippen LogP contribution in [0.5, 0.6) is 0 Å². The lowest BCUT2D eigenvalue weighted by atomic mass is 9.79. The van der Waals surface area contributed by atoms with Gasteiger partial charge in [-0.1, -0.05) is 0 Å². The van der Waals surface area contributed by atoms with E-state index in [1.54, 1.807) is 17.8 Å². The van der Waals surface area contributed by atoms with Crippen LogP contribution in [-0.2, 0) is 4.79 Å². The molecule has 9 heteroatoms. The average molecular weight is 380 g/mol. The lowest BCUT2D eigenvalue weighted by molar-refractivity contribution is -0.528. The van der Waals surface area contributed by atoms with Crippen molar-refractivity contribution in [2.24, 2.45) is 5.92 Å². The number of halogens is 1. The van der Waals surface area contributed by atoms with Crippen molar-refractivity contribution < 1.29 is 14.1 Å². The van der Waals surface area contributed by atoms with E-state index in [0.29, 0.717) is 19.3 Å². The van der Waals surface area contributed by atoms with Gasteiger partial charge in [0.05, 0.1) is 6.04 Å². The van der Waals surface area contributed by atoms with Gasteiger partial charge in [0.25, 0.3) is 0 Å². The molecule has 26 heavy (non-hydrogen) atoms. The van der Waals surface area contributed by atoms with Crippen molar-refractivity contribution in [2.75, 3.05) is 5.75 Å². The molecular weight excluding hydrogens is 359 g/mol. The van der Waals surface area contributed by atoms with E-state index in [0.717, 1.165) is 22.6 Å². The number of hydrogen-bond donors (Lipinski definition) is 3. The Bertz CT molecular complexity index is 734. The number of hydrogen-bond acceptors (Lipinski definition) is 6. The molecule has 1 aliphatic carbocycles. The van der Waals surface area contributed by atoms with E-state index >= 15 is 0 Å². The van der Waals surface area contributed by atoms with Gasteiger partial charge < -0.3 is 5.32 Å². The van der Waals surface area contributed by atoms with E-state index in [-0.39, 0.29) is 34.6 Å². The van der Waals surface area contributed by atoms with Gasteiger partial charge in [-0.15, -0.1) is 11.8 Å². The molecule has 7 nitrogen and oxygen atoms in total. The molecule has 5 atom stereocenters. The molecule has 3 N–H and O–H groups in total. The van der Waals surface area contributed by atoms with Gasteiger partial charge >= 0.3 is 0 Å². The molecule has 1 aromatic carbocycles. The number of nitrogens with one attached hydrogen (secondary N) is 3. The average Bonchev–Trinajstić information content (AvgIpc) is 3.05. The maximum absolute atomic E-state index is 13.6. The third-order valence-corrected chi connectivity index (χ3v) is 6.76. The Morgan fingerprint density at radius 3 is 2.96 bits per heavy atom. The summed E-state index contributed by atoms with van der Waals surface area (Å²) in [5.74, 6) is 0.257. The predicted molar refractivity (Wildman–Crippen MR) is 94.6 cm³/mol. The molecular formula is C17H21FN4O3S. The summed E-state index contributed by atoms with van der Waals surface area (Å²) in [4.78, 5) is 24.7. The second-order valence-corrected chi connectivity index (χ2v) is 8.31. The first kappa shape index (κ1) is 17.7. The summed E-state index contributed by atoms with van der Waals surface area (Å²) >= 11 is 1.66. The molecule has 5 unspecified atom stereocenters. The molecule has 0 radical (unpaired) electrons. The second kappa shape index (κ2) is 7.13. The molecule has 0 aromatic heterocycles. The minimum Gasteiger partial charge on any atom is -0.348 e. The molecule has 0 bridgehead atoms. The van der Waals surface area contributed by atoms with Crippen LogP contribution in [0.4, 0.5) is 4.39 Å². The minimum atomic E-state index is -0.589. The zero-order valence-electron chi connectivity index (χ0n) is 14.1. The summed E-state index contributed by atoms with van der Waals surface area (Å²) in [5, 5.41) is 14.2. The Hall–Kier alpha value is -1.71. The van der Waals surface area contributed by atoms with Gasteiger partial charge in [-0.25, -0.2) is 9.82 Å². The third-order valence-electron chi connectivity index (χ3n) is 5.63. The summed E-state index contributed by atoms with van der Waals surface area (Å²) in [7, 11) is 0. The molecule has 2 heterocycles. The van der Waals surface area contributed by atoms with Crippen LogP contribution in [0.2, 0.25) is 0 Å². The van der Waals surface area contributed by atoms with Gasteiger partial charge in [-0.2, -0.15) is 0 Å². The Balaban J connectivity index is 1.47. The first-order chi connectivity index (χ1) is 12.5. The summed E-state index contributed by atoms with van der Waals surface area (Å²) in [6.45, 7) is 0. The number of benzene rings is 1. The van der Waals surface area contributed by atoms with Crippen molar-refractivity contribution in [3.05, 3.63) is 39.7 Å². The van der Waals surface area contributed by atoms with Crippen LogP contribution in [0.1, 0.15) is 37.3 Å². The van der Waals surface area contributed by atoms with Crippen LogP contribution in [0, 0.1) is 21.8 Å². The van der Waals surface area contributed by atoms with E-state index < -0.39 is 12.1 Å². The molecule has 2 fully saturated rings. The number of fused-ring (bicyclic) bond motifs is 2. The molecule has 1 saturated carbocycles.